The third-order valence-electron chi connectivity index (χ3n) is 3.53. The maximum absolute atomic E-state index is 12.9. The van der Waals surface area contributed by atoms with Gasteiger partial charge >= 0.3 is 6.18 Å². The molecule has 24 heavy (non-hydrogen) atoms. The predicted molar refractivity (Wildman–Crippen MR) is 86.5 cm³/mol. The molecule has 2 aromatic rings. The zero-order chi connectivity index (χ0) is 17.6. The minimum Gasteiger partial charge on any atom is -0.268 e. The average molecular weight is 442 g/mol. The summed E-state index contributed by atoms with van der Waals surface area (Å²) in [5.74, 6) is -1.32. The van der Waals surface area contributed by atoms with Crippen molar-refractivity contribution in [1.82, 2.24) is 0 Å². The van der Waals surface area contributed by atoms with Crippen LogP contribution in [0.2, 0.25) is 0 Å². The Bertz CT molecular complexity index is 897. The van der Waals surface area contributed by atoms with Crippen LogP contribution in [0.1, 0.15) is 31.8 Å². The van der Waals surface area contributed by atoms with Gasteiger partial charge in [0.25, 0.3) is 11.8 Å². The first-order valence-corrected chi connectivity index (χ1v) is 7.62. The van der Waals surface area contributed by atoms with E-state index in [0.29, 0.717) is 6.07 Å². The van der Waals surface area contributed by atoms with E-state index in [-0.39, 0.29) is 25.9 Å². The minimum absolute atomic E-state index is 0.00604. The molecule has 1 aliphatic rings. The van der Waals surface area contributed by atoms with Gasteiger partial charge in [0.2, 0.25) is 0 Å². The Morgan fingerprint density at radius 2 is 1.58 bits per heavy atom. The summed E-state index contributed by atoms with van der Waals surface area (Å²) in [6, 6.07) is 9.16. The van der Waals surface area contributed by atoms with Crippen LogP contribution in [0.15, 0.2) is 36.4 Å². The summed E-state index contributed by atoms with van der Waals surface area (Å²) in [7, 11) is 0. The smallest absolute Gasteiger partial charge is 0.268 e. The third kappa shape index (κ3) is 2.45. The molecule has 0 aliphatic carbocycles. The first-order chi connectivity index (χ1) is 11.3. The number of imide groups is 1. The molecule has 1 aliphatic heterocycles. The molecule has 120 valence electrons. The first kappa shape index (κ1) is 16.4. The van der Waals surface area contributed by atoms with Crippen LogP contribution >= 0.6 is 22.6 Å². The second-order valence-electron chi connectivity index (χ2n) is 4.96. The second kappa shape index (κ2) is 5.59. The van der Waals surface area contributed by atoms with Gasteiger partial charge in [-0.25, -0.2) is 4.90 Å². The number of carbonyl (C=O) groups excluding carboxylic acids is 2. The van der Waals surface area contributed by atoms with Gasteiger partial charge in [0.05, 0.1) is 27.9 Å². The maximum Gasteiger partial charge on any atom is 0.416 e. The third-order valence-corrected chi connectivity index (χ3v) is 4.35. The topological polar surface area (TPSA) is 61.2 Å². The highest BCUT2D eigenvalue weighted by Gasteiger charge is 2.40. The first-order valence-electron chi connectivity index (χ1n) is 6.54. The molecule has 0 bridgehead atoms. The van der Waals surface area contributed by atoms with Crippen molar-refractivity contribution in [2.75, 3.05) is 4.90 Å². The number of hydrogen-bond donors (Lipinski definition) is 0. The van der Waals surface area contributed by atoms with Crippen LogP contribution in [0.4, 0.5) is 18.9 Å². The summed E-state index contributed by atoms with van der Waals surface area (Å²) in [4.78, 5) is 25.7. The molecule has 0 saturated heterocycles. The van der Waals surface area contributed by atoms with E-state index in [9.17, 15) is 28.0 Å². The van der Waals surface area contributed by atoms with Crippen molar-refractivity contribution >= 4 is 40.1 Å². The quantitative estimate of drug-likeness (QED) is 0.496. The Kier molecular flexibility index (Phi) is 3.83. The van der Waals surface area contributed by atoms with Crippen molar-refractivity contribution in [1.29, 1.82) is 5.26 Å². The molecule has 0 N–H and O–H groups in total. The molecule has 3 rings (SSSR count). The number of halogens is 4. The summed E-state index contributed by atoms with van der Waals surface area (Å²) < 4.78 is 38.7. The monoisotopic (exact) mass is 442 g/mol. The summed E-state index contributed by atoms with van der Waals surface area (Å²) in [5.41, 5.74) is -1.21. The van der Waals surface area contributed by atoms with Crippen molar-refractivity contribution in [3.63, 3.8) is 0 Å². The van der Waals surface area contributed by atoms with Crippen LogP contribution in [0, 0.1) is 14.9 Å². The lowest BCUT2D eigenvalue weighted by Gasteiger charge is -2.19. The van der Waals surface area contributed by atoms with Crippen LogP contribution in [0.25, 0.3) is 0 Å². The molecular formula is C16H6F3IN2O2. The molecule has 0 aromatic heterocycles. The van der Waals surface area contributed by atoms with Gasteiger partial charge in [-0.3, -0.25) is 9.59 Å². The fourth-order valence-corrected chi connectivity index (χ4v) is 3.33. The van der Waals surface area contributed by atoms with Crippen molar-refractivity contribution in [2.45, 2.75) is 6.18 Å². The molecule has 8 heteroatoms. The van der Waals surface area contributed by atoms with Crippen LogP contribution in [0.3, 0.4) is 0 Å². The van der Waals surface area contributed by atoms with E-state index in [4.69, 9.17) is 0 Å². The highest BCUT2D eigenvalue weighted by molar-refractivity contribution is 14.1. The molecule has 4 nitrogen and oxygen atoms in total. The van der Waals surface area contributed by atoms with Crippen molar-refractivity contribution < 1.29 is 22.8 Å². The number of nitrogens with zero attached hydrogens (tertiary/aromatic N) is 2. The standard InChI is InChI=1S/C16H6F3IN2O2/c17-16(18,19)9-5-8(7-21)13(12(20)6-9)22-14(23)10-3-1-2-4-11(10)15(22)24/h1-6H. The highest BCUT2D eigenvalue weighted by atomic mass is 127. The van der Waals surface area contributed by atoms with Gasteiger partial charge < -0.3 is 0 Å². The van der Waals surface area contributed by atoms with E-state index in [0.717, 1.165) is 11.0 Å². The summed E-state index contributed by atoms with van der Waals surface area (Å²) >= 11 is 1.59. The zero-order valence-corrected chi connectivity index (χ0v) is 13.8. The fourth-order valence-electron chi connectivity index (χ4n) is 2.47. The molecule has 0 unspecified atom stereocenters. The minimum atomic E-state index is -4.63. The van der Waals surface area contributed by atoms with E-state index >= 15 is 0 Å². The lowest BCUT2D eigenvalue weighted by atomic mass is 10.1. The number of nitriles is 1. The highest BCUT2D eigenvalue weighted by Crippen LogP contribution is 2.38. The molecule has 0 saturated carbocycles. The Morgan fingerprint density at radius 1 is 1.04 bits per heavy atom. The summed E-state index contributed by atoms with van der Waals surface area (Å²) in [5, 5.41) is 9.21. The van der Waals surface area contributed by atoms with Gasteiger partial charge in [-0.15, -0.1) is 0 Å². The van der Waals surface area contributed by atoms with Gasteiger partial charge in [0.1, 0.15) is 6.07 Å². The van der Waals surface area contributed by atoms with Crippen LogP contribution < -0.4 is 4.90 Å². The number of amides is 2. The summed E-state index contributed by atoms with van der Waals surface area (Å²) in [6.07, 6.45) is -4.63. The number of alkyl halides is 3. The van der Waals surface area contributed by atoms with Crippen LogP contribution in [-0.2, 0) is 6.18 Å². The fraction of sp³-hybridized carbons (Fsp3) is 0.0625. The van der Waals surface area contributed by atoms with Crippen LogP contribution in [0.5, 0.6) is 0 Å². The SMILES string of the molecule is N#Cc1cc(C(F)(F)F)cc(I)c1N1C(=O)c2ccccc2C1=O. The maximum atomic E-state index is 12.9. The van der Waals surface area contributed by atoms with E-state index in [1.54, 1.807) is 40.8 Å². The molecule has 2 aromatic carbocycles. The molecule has 0 atom stereocenters. The number of carbonyl (C=O) groups is 2. The van der Waals surface area contributed by atoms with Crippen molar-refractivity contribution in [2.24, 2.45) is 0 Å². The number of rotatable bonds is 1. The van der Waals surface area contributed by atoms with E-state index in [1.807, 2.05) is 0 Å². The molecule has 0 spiro atoms. The van der Waals surface area contributed by atoms with Gasteiger partial charge in [-0.2, -0.15) is 18.4 Å². The Balaban J connectivity index is 2.20. The number of fused-ring (bicyclic) bond motifs is 1. The Hall–Kier alpha value is -2.41. The lowest BCUT2D eigenvalue weighted by molar-refractivity contribution is -0.137. The molecule has 1 heterocycles. The normalized spacial score (nSPS) is 13.9. The van der Waals surface area contributed by atoms with E-state index < -0.39 is 23.6 Å². The largest absolute Gasteiger partial charge is 0.416 e. The number of anilines is 1. The zero-order valence-electron chi connectivity index (χ0n) is 11.7. The summed E-state index contributed by atoms with van der Waals surface area (Å²) in [6.45, 7) is 0. The Morgan fingerprint density at radius 3 is 2.04 bits per heavy atom. The van der Waals surface area contributed by atoms with E-state index in [2.05, 4.69) is 0 Å². The lowest BCUT2D eigenvalue weighted by Crippen LogP contribution is -2.31. The Labute approximate surface area is 147 Å². The molecule has 0 fully saturated rings. The van der Waals surface area contributed by atoms with Crippen LogP contribution in [-0.4, -0.2) is 11.8 Å². The average Bonchev–Trinajstić information content (AvgIpc) is 2.78. The van der Waals surface area contributed by atoms with Gasteiger partial charge in [-0.05, 0) is 46.9 Å². The molecule has 2 amide bonds. The van der Waals surface area contributed by atoms with Crippen molar-refractivity contribution in [3.05, 3.63) is 62.2 Å². The van der Waals surface area contributed by atoms with E-state index in [1.165, 1.54) is 12.1 Å². The predicted octanol–water partition coefficient (Wildman–Crippen LogP) is 3.98. The number of benzene rings is 2. The van der Waals surface area contributed by atoms with Gasteiger partial charge in [-0.1, -0.05) is 12.1 Å². The van der Waals surface area contributed by atoms with Gasteiger partial charge in [0, 0.05) is 3.57 Å². The second-order valence-corrected chi connectivity index (χ2v) is 6.12. The van der Waals surface area contributed by atoms with Crippen molar-refractivity contribution in [3.8, 4) is 6.07 Å². The number of hydrogen-bond acceptors (Lipinski definition) is 3. The molecule has 0 radical (unpaired) electrons. The van der Waals surface area contributed by atoms with Gasteiger partial charge in [0.15, 0.2) is 0 Å². The molecular weight excluding hydrogens is 436 g/mol.